The number of carbonyl (C=O) groups is 2. The van der Waals surface area contributed by atoms with E-state index in [1.807, 2.05) is 25.1 Å². The summed E-state index contributed by atoms with van der Waals surface area (Å²) in [5, 5.41) is 3.54. The summed E-state index contributed by atoms with van der Waals surface area (Å²) in [5.74, 6) is 0.440. The van der Waals surface area contributed by atoms with Crippen LogP contribution in [0.3, 0.4) is 0 Å². The summed E-state index contributed by atoms with van der Waals surface area (Å²) in [6.07, 6.45) is 0. The number of halogens is 1. The minimum Gasteiger partial charge on any atom is -0.457 e. The van der Waals surface area contributed by atoms with Crippen LogP contribution < -0.4 is 15.8 Å². The normalized spacial score (nSPS) is 11.5. The number of amides is 2. The first-order valence-electron chi connectivity index (χ1n) is 8.67. The van der Waals surface area contributed by atoms with Crippen LogP contribution in [0.5, 0.6) is 11.5 Å². The van der Waals surface area contributed by atoms with Crippen LogP contribution in [0.4, 0.5) is 0 Å². The first-order chi connectivity index (χ1) is 13.4. The third-order valence-corrected chi connectivity index (χ3v) is 4.55. The van der Waals surface area contributed by atoms with Gasteiger partial charge in [-0.05, 0) is 67.1 Å². The fourth-order valence-electron chi connectivity index (χ4n) is 2.68. The Hall–Kier alpha value is -3.31. The molecule has 1 atom stereocenters. The van der Waals surface area contributed by atoms with E-state index < -0.39 is 5.91 Å². The fourth-order valence-corrected chi connectivity index (χ4v) is 2.98. The van der Waals surface area contributed by atoms with Gasteiger partial charge in [-0.15, -0.1) is 0 Å². The fraction of sp³-hybridized carbons (Fsp3) is 0.0909. The van der Waals surface area contributed by atoms with Crippen LogP contribution in [0.15, 0.2) is 72.8 Å². The molecular weight excluding hydrogens is 376 g/mol. The third-order valence-electron chi connectivity index (χ3n) is 4.21. The van der Waals surface area contributed by atoms with E-state index in [-0.39, 0.29) is 11.9 Å². The van der Waals surface area contributed by atoms with Gasteiger partial charge < -0.3 is 15.8 Å². The van der Waals surface area contributed by atoms with Gasteiger partial charge >= 0.3 is 0 Å². The van der Waals surface area contributed by atoms with E-state index in [2.05, 4.69) is 5.32 Å². The van der Waals surface area contributed by atoms with Crippen molar-refractivity contribution in [1.82, 2.24) is 5.32 Å². The topological polar surface area (TPSA) is 81.4 Å². The molecule has 0 bridgehead atoms. The average Bonchev–Trinajstić information content (AvgIpc) is 2.69. The van der Waals surface area contributed by atoms with Crippen molar-refractivity contribution in [3.63, 3.8) is 0 Å². The second kappa shape index (κ2) is 8.59. The van der Waals surface area contributed by atoms with Crippen LogP contribution in [0.25, 0.3) is 0 Å². The van der Waals surface area contributed by atoms with Gasteiger partial charge in [-0.2, -0.15) is 0 Å². The number of nitrogens with one attached hydrogen (secondary N) is 1. The quantitative estimate of drug-likeness (QED) is 0.634. The number of hydrogen-bond donors (Lipinski definition) is 2. The van der Waals surface area contributed by atoms with Crippen LogP contribution in [-0.4, -0.2) is 11.8 Å². The minimum atomic E-state index is -0.493. The largest absolute Gasteiger partial charge is 0.457 e. The van der Waals surface area contributed by atoms with E-state index in [1.54, 1.807) is 54.6 Å². The number of primary amides is 1. The van der Waals surface area contributed by atoms with Gasteiger partial charge in [-0.25, -0.2) is 0 Å². The first-order valence-corrected chi connectivity index (χ1v) is 9.05. The zero-order valence-corrected chi connectivity index (χ0v) is 15.9. The molecule has 1 unspecified atom stereocenters. The van der Waals surface area contributed by atoms with Crippen molar-refractivity contribution in [3.8, 4) is 11.5 Å². The van der Waals surface area contributed by atoms with Crippen LogP contribution in [0.1, 0.15) is 39.2 Å². The van der Waals surface area contributed by atoms with E-state index >= 15 is 0 Å². The molecule has 3 rings (SSSR count). The Morgan fingerprint density at radius 3 is 1.96 bits per heavy atom. The highest BCUT2D eigenvalue weighted by atomic mass is 35.5. The Kier molecular flexibility index (Phi) is 5.96. The maximum atomic E-state index is 12.5. The maximum absolute atomic E-state index is 12.5. The Morgan fingerprint density at radius 2 is 1.43 bits per heavy atom. The summed E-state index contributed by atoms with van der Waals surface area (Å²) in [5.41, 5.74) is 6.99. The molecule has 3 aromatic carbocycles. The predicted octanol–water partition coefficient (Wildman–Crippen LogP) is 4.72. The Morgan fingerprint density at radius 1 is 0.893 bits per heavy atom. The molecule has 3 aromatic rings. The van der Waals surface area contributed by atoms with Gasteiger partial charge in [0.1, 0.15) is 11.5 Å². The number of hydrogen-bond acceptors (Lipinski definition) is 3. The molecule has 3 N–H and O–H groups in total. The molecule has 0 aliphatic carbocycles. The predicted molar refractivity (Wildman–Crippen MR) is 109 cm³/mol. The first kappa shape index (κ1) is 19.5. The summed E-state index contributed by atoms with van der Waals surface area (Å²) in [6, 6.07) is 20.5. The van der Waals surface area contributed by atoms with Gasteiger partial charge in [0.25, 0.3) is 5.91 Å². The zero-order chi connectivity index (χ0) is 20.1. The number of rotatable bonds is 6. The molecule has 0 radical (unpaired) electrons. The van der Waals surface area contributed by atoms with Crippen molar-refractivity contribution in [2.24, 2.45) is 5.73 Å². The lowest BCUT2D eigenvalue weighted by atomic mass is 10.1. The van der Waals surface area contributed by atoms with E-state index in [9.17, 15) is 9.59 Å². The number of nitrogens with two attached hydrogens (primary N) is 1. The van der Waals surface area contributed by atoms with E-state index in [0.29, 0.717) is 27.6 Å². The van der Waals surface area contributed by atoms with Crippen LogP contribution in [0, 0.1) is 0 Å². The van der Waals surface area contributed by atoms with Crippen molar-refractivity contribution >= 4 is 23.4 Å². The molecule has 0 aromatic heterocycles. The third kappa shape index (κ3) is 4.69. The molecule has 0 heterocycles. The summed E-state index contributed by atoms with van der Waals surface area (Å²) >= 11 is 6.18. The van der Waals surface area contributed by atoms with Crippen molar-refractivity contribution in [1.29, 1.82) is 0 Å². The molecule has 142 valence electrons. The van der Waals surface area contributed by atoms with E-state index in [0.717, 1.165) is 5.56 Å². The van der Waals surface area contributed by atoms with Gasteiger partial charge in [0.15, 0.2) is 0 Å². The molecule has 0 spiro atoms. The van der Waals surface area contributed by atoms with Gasteiger partial charge in [0.05, 0.1) is 6.04 Å². The lowest BCUT2D eigenvalue weighted by molar-refractivity contribution is 0.0939. The summed E-state index contributed by atoms with van der Waals surface area (Å²) in [6.45, 7) is 1.88. The molecule has 6 heteroatoms. The number of benzene rings is 3. The Balaban J connectivity index is 1.64. The number of carbonyl (C=O) groups excluding carboxylic acids is 2. The molecule has 0 aliphatic rings. The lowest BCUT2D eigenvalue weighted by Crippen LogP contribution is -2.26. The molecule has 2 amide bonds. The number of ether oxygens (including phenoxy) is 1. The summed E-state index contributed by atoms with van der Waals surface area (Å²) in [7, 11) is 0. The summed E-state index contributed by atoms with van der Waals surface area (Å²) < 4.78 is 5.71. The smallest absolute Gasteiger partial charge is 0.251 e. The van der Waals surface area contributed by atoms with Crippen molar-refractivity contribution in [2.45, 2.75) is 13.0 Å². The molecule has 0 aliphatic heterocycles. The van der Waals surface area contributed by atoms with Crippen molar-refractivity contribution in [2.75, 3.05) is 0 Å². The van der Waals surface area contributed by atoms with Crippen molar-refractivity contribution < 1.29 is 14.3 Å². The molecule has 0 saturated carbocycles. The van der Waals surface area contributed by atoms with Gasteiger partial charge in [0, 0.05) is 16.1 Å². The molecule has 0 fully saturated rings. The standard InChI is InChI=1S/C22H19ClN2O3/c1-14(19-4-2-3-5-20(19)23)25-22(27)16-8-12-18(13-9-16)28-17-10-6-15(7-11-17)21(24)26/h2-14H,1H3,(H2,24,26)(H,25,27). The summed E-state index contributed by atoms with van der Waals surface area (Å²) in [4.78, 5) is 23.6. The SMILES string of the molecule is CC(NC(=O)c1ccc(Oc2ccc(C(N)=O)cc2)cc1)c1ccccc1Cl. The van der Waals surface area contributed by atoms with Crippen molar-refractivity contribution in [3.05, 3.63) is 94.5 Å². The van der Waals surface area contributed by atoms with Gasteiger partial charge in [0.2, 0.25) is 5.91 Å². The molecular formula is C22H19ClN2O3. The van der Waals surface area contributed by atoms with E-state index in [4.69, 9.17) is 22.1 Å². The molecule has 5 nitrogen and oxygen atoms in total. The monoisotopic (exact) mass is 394 g/mol. The van der Waals surface area contributed by atoms with Gasteiger partial charge in [-0.1, -0.05) is 29.8 Å². The Labute approximate surface area is 168 Å². The average molecular weight is 395 g/mol. The maximum Gasteiger partial charge on any atom is 0.251 e. The highest BCUT2D eigenvalue weighted by Crippen LogP contribution is 2.24. The highest BCUT2D eigenvalue weighted by Gasteiger charge is 2.13. The highest BCUT2D eigenvalue weighted by molar-refractivity contribution is 6.31. The van der Waals surface area contributed by atoms with Crippen LogP contribution >= 0.6 is 11.6 Å². The zero-order valence-electron chi connectivity index (χ0n) is 15.2. The lowest BCUT2D eigenvalue weighted by Gasteiger charge is -2.16. The molecule has 28 heavy (non-hydrogen) atoms. The molecule has 0 saturated heterocycles. The van der Waals surface area contributed by atoms with E-state index in [1.165, 1.54) is 0 Å². The minimum absolute atomic E-state index is 0.204. The van der Waals surface area contributed by atoms with Gasteiger partial charge in [-0.3, -0.25) is 9.59 Å². The Bertz CT molecular complexity index is 985. The van der Waals surface area contributed by atoms with Crippen LogP contribution in [0.2, 0.25) is 5.02 Å². The second-order valence-corrected chi connectivity index (χ2v) is 6.64. The van der Waals surface area contributed by atoms with Crippen LogP contribution in [-0.2, 0) is 0 Å². The second-order valence-electron chi connectivity index (χ2n) is 6.23.